The van der Waals surface area contributed by atoms with Gasteiger partial charge >= 0.3 is 18.0 Å². The van der Waals surface area contributed by atoms with Gasteiger partial charge in [-0.25, -0.2) is 4.79 Å². The number of rotatable bonds is 4. The molecule has 0 aliphatic carbocycles. The molecule has 16 nitrogen and oxygen atoms in total. The van der Waals surface area contributed by atoms with Crippen LogP contribution in [0.25, 0.3) is 0 Å². The monoisotopic (exact) mass is 764 g/mol. The minimum Gasteiger partial charge on any atom is -0.481 e. The summed E-state index contributed by atoms with van der Waals surface area (Å²) in [5, 5.41) is 31.2. The number of carbonyl (C=O) groups excluding carboxylic acids is 3. The molecule has 3 N–H and O–H groups in total. The van der Waals surface area contributed by atoms with Crippen LogP contribution in [0, 0.1) is 11.8 Å². The summed E-state index contributed by atoms with van der Waals surface area (Å²) in [5.41, 5.74) is 2.20. The van der Waals surface area contributed by atoms with Crippen molar-refractivity contribution >= 4 is 29.8 Å². The lowest BCUT2D eigenvalue weighted by atomic mass is 9.78. The third-order valence-electron chi connectivity index (χ3n) is 12.1. The van der Waals surface area contributed by atoms with Gasteiger partial charge in [0.05, 0.1) is 29.8 Å². The van der Waals surface area contributed by atoms with Crippen LogP contribution in [0.15, 0.2) is 12.1 Å². The van der Waals surface area contributed by atoms with E-state index in [1.54, 1.807) is 11.0 Å². The smallest absolute Gasteiger partial charge is 0.410 e. The largest absolute Gasteiger partial charge is 0.481 e. The number of amides is 3. The van der Waals surface area contributed by atoms with E-state index in [4.69, 9.17) is 4.74 Å². The molecule has 0 radical (unpaired) electrons. The Kier molecular flexibility index (Phi) is 11.2. The highest BCUT2D eigenvalue weighted by Gasteiger charge is 2.45. The summed E-state index contributed by atoms with van der Waals surface area (Å²) in [5.74, 6) is -2.32. The molecule has 16 heteroatoms. The lowest BCUT2D eigenvalue weighted by Gasteiger charge is -2.47. The lowest BCUT2D eigenvalue weighted by molar-refractivity contribution is -0.146. The van der Waals surface area contributed by atoms with Gasteiger partial charge in [-0.1, -0.05) is 0 Å². The van der Waals surface area contributed by atoms with Crippen molar-refractivity contribution < 1.29 is 38.9 Å². The van der Waals surface area contributed by atoms with E-state index in [-0.39, 0.29) is 53.9 Å². The predicted molar refractivity (Wildman–Crippen MR) is 198 cm³/mol. The minimum absolute atomic E-state index is 0.0193. The molecular formula is C39H56N8O8. The van der Waals surface area contributed by atoms with Crippen molar-refractivity contribution in [1.29, 1.82) is 0 Å². The number of aliphatic carboxylic acids is 2. The molecule has 0 aromatic carbocycles. The Morgan fingerprint density at radius 2 is 1.16 bits per heavy atom. The number of ether oxygens (including phenoxy) is 1. The molecule has 55 heavy (non-hydrogen) atoms. The maximum absolute atomic E-state index is 13.4. The second-order valence-electron chi connectivity index (χ2n) is 17.2. The van der Waals surface area contributed by atoms with Gasteiger partial charge in [0, 0.05) is 50.3 Å². The van der Waals surface area contributed by atoms with Crippen molar-refractivity contribution in [3.05, 3.63) is 34.9 Å². The van der Waals surface area contributed by atoms with Gasteiger partial charge in [-0.05, 0) is 116 Å². The first-order valence-electron chi connectivity index (χ1n) is 20.2. The van der Waals surface area contributed by atoms with Gasteiger partial charge in [0.15, 0.2) is 11.4 Å². The molecule has 2 aromatic rings. The van der Waals surface area contributed by atoms with Crippen LogP contribution in [-0.4, -0.2) is 117 Å². The molecule has 300 valence electrons. The third kappa shape index (κ3) is 8.53. The number of aryl methyl sites for hydroxylation is 2. The molecule has 6 aliphatic heterocycles. The molecular weight excluding hydrogens is 708 g/mol. The van der Waals surface area contributed by atoms with Crippen molar-refractivity contribution in [3.63, 3.8) is 0 Å². The van der Waals surface area contributed by atoms with E-state index in [0.29, 0.717) is 56.7 Å². The second-order valence-corrected chi connectivity index (χ2v) is 17.2. The van der Waals surface area contributed by atoms with E-state index in [2.05, 4.69) is 15.5 Å². The summed E-state index contributed by atoms with van der Waals surface area (Å²) in [7, 11) is 0. The van der Waals surface area contributed by atoms with E-state index in [0.717, 1.165) is 82.4 Å². The van der Waals surface area contributed by atoms with Crippen LogP contribution >= 0.6 is 0 Å². The number of carboxylic acid groups (broad SMARTS) is 2. The van der Waals surface area contributed by atoms with Gasteiger partial charge in [0.25, 0.3) is 11.8 Å². The number of hydrogen-bond acceptors (Lipinski definition) is 9. The Bertz CT molecular complexity index is 1730. The number of fused-ring (bicyclic) bond motifs is 6. The Balaban J connectivity index is 0.000000174. The molecule has 4 unspecified atom stereocenters. The summed E-state index contributed by atoms with van der Waals surface area (Å²) in [6, 6.07) is 3.70. The van der Waals surface area contributed by atoms with E-state index >= 15 is 0 Å². The van der Waals surface area contributed by atoms with Crippen molar-refractivity contribution in [2.75, 3.05) is 13.1 Å². The molecule has 4 bridgehead atoms. The van der Waals surface area contributed by atoms with Crippen molar-refractivity contribution in [3.8, 4) is 0 Å². The minimum atomic E-state index is -0.764. The van der Waals surface area contributed by atoms with Crippen LogP contribution < -0.4 is 5.32 Å². The summed E-state index contributed by atoms with van der Waals surface area (Å²) < 4.78 is 9.27. The van der Waals surface area contributed by atoms with Crippen LogP contribution in [0.1, 0.15) is 130 Å². The van der Waals surface area contributed by atoms with Crippen LogP contribution in [0.4, 0.5) is 4.79 Å². The first-order chi connectivity index (χ1) is 26.3. The fourth-order valence-corrected chi connectivity index (χ4v) is 9.61. The molecule has 8 heterocycles. The molecule has 0 spiro atoms. The predicted octanol–water partition coefficient (Wildman–Crippen LogP) is 4.12. The Hall–Kier alpha value is -4.47. The zero-order chi connectivity index (χ0) is 39.0. The van der Waals surface area contributed by atoms with Crippen LogP contribution in [0.2, 0.25) is 0 Å². The molecule has 4 atom stereocenters. The topological polar surface area (TPSA) is 192 Å². The standard InChI is InChI=1S/C22H32N4O5.C17H24N4O3/c1-22(2,3)31-21(30)24-8-5-9-25-17(13-24)12-18(23-25)19(27)26-15-6-4-7-16(26)11-14(10-15)20(28)29;22-16(15-9-14-10-18-5-2-6-20(14)19-15)21-12-3-1-4-13(21)8-11(7-12)17(23)24/h12,14-16H,4-11,13H2,1-3H3,(H,28,29);9,11-13,18H,1-8,10H2,(H,23,24). The van der Waals surface area contributed by atoms with E-state index in [9.17, 15) is 34.2 Å². The molecule has 3 amide bonds. The zero-order valence-corrected chi connectivity index (χ0v) is 32.3. The Morgan fingerprint density at radius 3 is 1.65 bits per heavy atom. The summed E-state index contributed by atoms with van der Waals surface area (Å²) in [6.45, 7) is 9.64. The number of hydrogen-bond donors (Lipinski definition) is 3. The molecule has 4 fully saturated rings. The van der Waals surface area contributed by atoms with E-state index < -0.39 is 17.5 Å². The summed E-state index contributed by atoms with van der Waals surface area (Å²) in [4.78, 5) is 67.4. The van der Waals surface area contributed by atoms with Gasteiger partial charge in [0.2, 0.25) is 0 Å². The third-order valence-corrected chi connectivity index (χ3v) is 12.1. The van der Waals surface area contributed by atoms with Crippen molar-refractivity contribution in [1.82, 2.24) is 39.6 Å². The van der Waals surface area contributed by atoms with E-state index in [1.807, 2.05) is 46.0 Å². The number of nitrogens with zero attached hydrogens (tertiary/aromatic N) is 7. The summed E-state index contributed by atoms with van der Waals surface area (Å²) in [6.07, 6.45) is 9.15. The number of nitrogens with one attached hydrogen (secondary N) is 1. The molecule has 8 rings (SSSR count). The SMILES string of the molecule is CC(C)(C)OC(=O)N1CCCn2nc(C(=O)N3C4CCCC3CC(C(=O)O)C4)cc2C1.O=C(O)C1CC2CCCC(C1)N2C(=O)c1cc2n(n1)CCCNC2. The first-order valence-corrected chi connectivity index (χ1v) is 20.2. The van der Waals surface area contributed by atoms with Gasteiger partial charge in [-0.15, -0.1) is 0 Å². The van der Waals surface area contributed by atoms with Gasteiger partial charge in [-0.2, -0.15) is 10.2 Å². The van der Waals surface area contributed by atoms with Crippen LogP contribution in [-0.2, 0) is 40.5 Å². The van der Waals surface area contributed by atoms with Crippen molar-refractivity contribution in [2.45, 2.75) is 154 Å². The first kappa shape index (κ1) is 38.8. The second kappa shape index (κ2) is 15.9. The molecule has 0 saturated carbocycles. The number of carbonyl (C=O) groups is 5. The lowest BCUT2D eigenvalue weighted by Crippen LogP contribution is -2.55. The van der Waals surface area contributed by atoms with E-state index in [1.165, 1.54) is 0 Å². The zero-order valence-electron chi connectivity index (χ0n) is 32.3. The fraction of sp³-hybridized carbons (Fsp3) is 0.718. The Morgan fingerprint density at radius 1 is 0.691 bits per heavy atom. The summed E-state index contributed by atoms with van der Waals surface area (Å²) >= 11 is 0. The van der Waals surface area contributed by atoms with Gasteiger partial charge in [-0.3, -0.25) is 28.5 Å². The fourth-order valence-electron chi connectivity index (χ4n) is 9.61. The maximum Gasteiger partial charge on any atom is 0.410 e. The number of piperidine rings is 4. The average Bonchev–Trinajstić information content (AvgIpc) is 3.57. The quantitative estimate of drug-likeness (QED) is 0.406. The Labute approximate surface area is 321 Å². The van der Waals surface area contributed by atoms with Crippen LogP contribution in [0.3, 0.4) is 0 Å². The normalized spacial score (nSPS) is 27.7. The number of carboxylic acids is 2. The maximum atomic E-state index is 13.4. The molecule has 6 aliphatic rings. The molecule has 2 aromatic heterocycles. The van der Waals surface area contributed by atoms with Crippen molar-refractivity contribution in [2.24, 2.45) is 11.8 Å². The molecule has 4 saturated heterocycles. The number of aromatic nitrogens is 4. The highest BCUT2D eigenvalue weighted by molar-refractivity contribution is 5.94. The van der Waals surface area contributed by atoms with Gasteiger partial charge in [0.1, 0.15) is 5.60 Å². The highest BCUT2D eigenvalue weighted by atomic mass is 16.6. The average molecular weight is 765 g/mol. The van der Waals surface area contributed by atoms with Crippen LogP contribution in [0.5, 0.6) is 0 Å². The highest BCUT2D eigenvalue weighted by Crippen LogP contribution is 2.39. The van der Waals surface area contributed by atoms with Gasteiger partial charge < -0.3 is 35.0 Å².